The summed E-state index contributed by atoms with van der Waals surface area (Å²) < 4.78 is 10.0. The highest BCUT2D eigenvalue weighted by atomic mass is 16.5. The zero-order valence-electron chi connectivity index (χ0n) is 10.7. The van der Waals surface area contributed by atoms with Crippen LogP contribution in [0, 0.1) is 0 Å². The van der Waals surface area contributed by atoms with E-state index in [-0.39, 0.29) is 24.4 Å². The second-order valence-electron chi connectivity index (χ2n) is 4.15. The van der Waals surface area contributed by atoms with Crippen LogP contribution in [0.5, 0.6) is 0 Å². The van der Waals surface area contributed by atoms with Crippen molar-refractivity contribution < 1.29 is 19.1 Å². The Hall–Kier alpha value is -1.18. The zero-order valence-corrected chi connectivity index (χ0v) is 10.7. The van der Waals surface area contributed by atoms with E-state index in [0.717, 1.165) is 0 Å². The predicted molar refractivity (Wildman–Crippen MR) is 64.9 cm³/mol. The summed E-state index contributed by atoms with van der Waals surface area (Å²) in [5.74, 6) is -0.353. The number of nitrogens with two attached hydrogens (primary N) is 1. The van der Waals surface area contributed by atoms with Crippen molar-refractivity contribution in [2.75, 3.05) is 46.4 Å². The van der Waals surface area contributed by atoms with Gasteiger partial charge in [-0.05, 0) is 0 Å². The number of rotatable bonds is 6. The number of morpholine rings is 1. The molecule has 0 radical (unpaired) electrons. The molecule has 0 aromatic carbocycles. The molecule has 1 aliphatic rings. The molecule has 1 fully saturated rings. The van der Waals surface area contributed by atoms with Crippen LogP contribution < -0.4 is 11.1 Å². The topological polar surface area (TPSA) is 93.9 Å². The molecule has 1 rings (SSSR count). The Bertz CT molecular complexity index is 285. The number of nitrogens with one attached hydrogen (secondary N) is 1. The van der Waals surface area contributed by atoms with Gasteiger partial charge in [0.25, 0.3) is 0 Å². The zero-order chi connectivity index (χ0) is 13.4. The van der Waals surface area contributed by atoms with Gasteiger partial charge in [-0.3, -0.25) is 14.5 Å². The monoisotopic (exact) mass is 259 g/mol. The molecule has 0 aliphatic carbocycles. The molecule has 0 bridgehead atoms. The number of amides is 1. The number of hydrogen-bond donors (Lipinski definition) is 2. The van der Waals surface area contributed by atoms with Crippen LogP contribution in [0.2, 0.25) is 0 Å². The highest BCUT2D eigenvalue weighted by Crippen LogP contribution is 2.08. The second-order valence-corrected chi connectivity index (χ2v) is 4.15. The van der Waals surface area contributed by atoms with Crippen molar-refractivity contribution in [2.45, 2.75) is 12.5 Å². The summed E-state index contributed by atoms with van der Waals surface area (Å²) >= 11 is 0. The van der Waals surface area contributed by atoms with Crippen LogP contribution in [0.4, 0.5) is 0 Å². The maximum Gasteiger partial charge on any atom is 0.308 e. The van der Waals surface area contributed by atoms with Gasteiger partial charge in [-0.2, -0.15) is 0 Å². The highest BCUT2D eigenvalue weighted by Gasteiger charge is 2.24. The van der Waals surface area contributed by atoms with E-state index in [1.165, 1.54) is 7.11 Å². The van der Waals surface area contributed by atoms with Gasteiger partial charge >= 0.3 is 5.97 Å². The average Bonchev–Trinajstić information content (AvgIpc) is 2.36. The van der Waals surface area contributed by atoms with Crippen molar-refractivity contribution in [1.82, 2.24) is 10.2 Å². The number of methoxy groups -OCH3 is 1. The van der Waals surface area contributed by atoms with Crippen molar-refractivity contribution in [1.29, 1.82) is 0 Å². The fourth-order valence-corrected chi connectivity index (χ4v) is 1.79. The molecule has 1 atom stereocenters. The summed E-state index contributed by atoms with van der Waals surface area (Å²) in [4.78, 5) is 24.6. The van der Waals surface area contributed by atoms with E-state index in [4.69, 9.17) is 10.5 Å². The number of nitrogens with zero attached hydrogens (tertiary/aromatic N) is 1. The molecule has 1 saturated heterocycles. The number of hydrogen-bond acceptors (Lipinski definition) is 6. The first-order valence-corrected chi connectivity index (χ1v) is 6.03. The molecule has 0 spiro atoms. The van der Waals surface area contributed by atoms with Crippen molar-refractivity contribution in [2.24, 2.45) is 5.73 Å². The highest BCUT2D eigenvalue weighted by molar-refractivity contribution is 5.78. The summed E-state index contributed by atoms with van der Waals surface area (Å²) in [5.41, 5.74) is 5.30. The molecule has 0 aromatic rings. The molecule has 1 unspecified atom stereocenters. The summed E-state index contributed by atoms with van der Waals surface area (Å²) in [7, 11) is 1.35. The first-order chi connectivity index (χ1) is 8.65. The smallest absolute Gasteiger partial charge is 0.308 e. The van der Waals surface area contributed by atoms with Crippen LogP contribution in [0.3, 0.4) is 0 Å². The third kappa shape index (κ3) is 5.44. The molecule has 1 aliphatic heterocycles. The Morgan fingerprint density at radius 1 is 1.56 bits per heavy atom. The molecule has 0 aromatic heterocycles. The Labute approximate surface area is 107 Å². The minimum atomic E-state index is -0.297. The molecule has 7 heteroatoms. The average molecular weight is 259 g/mol. The lowest BCUT2D eigenvalue weighted by molar-refractivity contribution is -0.145. The van der Waals surface area contributed by atoms with Crippen LogP contribution in [0.15, 0.2) is 0 Å². The lowest BCUT2D eigenvalue weighted by atomic mass is 10.2. The van der Waals surface area contributed by atoms with Gasteiger partial charge < -0.3 is 20.5 Å². The fraction of sp³-hybridized carbons (Fsp3) is 0.818. The molecule has 7 nitrogen and oxygen atoms in total. The molecule has 18 heavy (non-hydrogen) atoms. The molecule has 104 valence electrons. The second kappa shape index (κ2) is 8.02. The standard InChI is InChI=1S/C11H21N3O4/c1-17-11(16)6-9-7-14(4-5-18-9)8-10(15)13-3-2-12/h9H,2-8,12H2,1H3,(H,13,15). The normalized spacial score (nSPS) is 20.4. The van der Waals surface area contributed by atoms with Gasteiger partial charge in [0, 0.05) is 26.2 Å². The van der Waals surface area contributed by atoms with Gasteiger partial charge in [-0.25, -0.2) is 0 Å². The van der Waals surface area contributed by atoms with Gasteiger partial charge in [0.15, 0.2) is 0 Å². The molecule has 0 saturated carbocycles. The third-order valence-electron chi connectivity index (χ3n) is 2.68. The maximum atomic E-state index is 11.5. The van der Waals surface area contributed by atoms with Crippen LogP contribution in [0.1, 0.15) is 6.42 Å². The quantitative estimate of drug-likeness (QED) is 0.554. The van der Waals surface area contributed by atoms with E-state index >= 15 is 0 Å². The predicted octanol–water partition coefficient (Wildman–Crippen LogP) is -1.67. The Morgan fingerprint density at radius 2 is 2.33 bits per heavy atom. The van der Waals surface area contributed by atoms with E-state index in [9.17, 15) is 9.59 Å². The molecular formula is C11H21N3O4. The van der Waals surface area contributed by atoms with Gasteiger partial charge in [-0.15, -0.1) is 0 Å². The summed E-state index contributed by atoms with van der Waals surface area (Å²) in [6.07, 6.45) is 0.0192. The van der Waals surface area contributed by atoms with Crippen molar-refractivity contribution in [3.8, 4) is 0 Å². The first kappa shape index (κ1) is 14.9. The Kier molecular flexibility index (Phi) is 6.63. The van der Waals surface area contributed by atoms with Gasteiger partial charge in [0.2, 0.25) is 5.91 Å². The summed E-state index contributed by atoms with van der Waals surface area (Å²) in [6.45, 7) is 2.99. The molecule has 1 heterocycles. The van der Waals surface area contributed by atoms with Crippen molar-refractivity contribution in [3.05, 3.63) is 0 Å². The SMILES string of the molecule is COC(=O)CC1CN(CC(=O)NCCN)CCO1. The van der Waals surface area contributed by atoms with Crippen LogP contribution in [0.25, 0.3) is 0 Å². The third-order valence-corrected chi connectivity index (χ3v) is 2.68. The molecule has 1 amide bonds. The first-order valence-electron chi connectivity index (χ1n) is 6.03. The Morgan fingerprint density at radius 3 is 3.00 bits per heavy atom. The van der Waals surface area contributed by atoms with Gasteiger partial charge in [-0.1, -0.05) is 0 Å². The minimum absolute atomic E-state index is 0.0563. The van der Waals surface area contributed by atoms with Crippen molar-refractivity contribution >= 4 is 11.9 Å². The van der Waals surface area contributed by atoms with Gasteiger partial charge in [0.05, 0.1) is 32.8 Å². The number of esters is 1. The number of carbonyl (C=O) groups is 2. The van der Waals surface area contributed by atoms with E-state index in [1.54, 1.807) is 0 Å². The van der Waals surface area contributed by atoms with Crippen molar-refractivity contribution in [3.63, 3.8) is 0 Å². The van der Waals surface area contributed by atoms with Crippen LogP contribution >= 0.6 is 0 Å². The minimum Gasteiger partial charge on any atom is -0.469 e. The number of ether oxygens (including phenoxy) is 2. The van der Waals surface area contributed by atoms with Gasteiger partial charge in [0.1, 0.15) is 0 Å². The summed E-state index contributed by atoms with van der Waals surface area (Å²) in [5, 5.41) is 2.71. The van der Waals surface area contributed by atoms with E-state index < -0.39 is 0 Å². The fourth-order valence-electron chi connectivity index (χ4n) is 1.79. The van der Waals surface area contributed by atoms with Crippen LogP contribution in [-0.4, -0.2) is 69.3 Å². The molecule has 3 N–H and O–H groups in total. The largest absolute Gasteiger partial charge is 0.469 e. The lowest BCUT2D eigenvalue weighted by Gasteiger charge is -2.31. The van der Waals surface area contributed by atoms with E-state index in [0.29, 0.717) is 39.3 Å². The van der Waals surface area contributed by atoms with E-state index in [1.807, 2.05) is 4.90 Å². The molecular weight excluding hydrogens is 238 g/mol. The maximum absolute atomic E-state index is 11.5. The van der Waals surface area contributed by atoms with Crippen LogP contribution in [-0.2, 0) is 19.1 Å². The number of carbonyl (C=O) groups excluding carboxylic acids is 2. The lowest BCUT2D eigenvalue weighted by Crippen LogP contribution is -2.47. The summed E-state index contributed by atoms with van der Waals surface area (Å²) in [6, 6.07) is 0. The Balaban J connectivity index is 2.30. The van der Waals surface area contributed by atoms with E-state index in [2.05, 4.69) is 10.1 Å².